The van der Waals surface area contributed by atoms with Gasteiger partial charge in [-0.05, 0) is 24.3 Å². The highest BCUT2D eigenvalue weighted by atomic mass is 35.5. The molecule has 0 bridgehead atoms. The van der Waals surface area contributed by atoms with Crippen molar-refractivity contribution in [1.29, 1.82) is 0 Å². The van der Waals surface area contributed by atoms with Crippen molar-refractivity contribution in [2.75, 3.05) is 0 Å². The Morgan fingerprint density at radius 2 is 2.04 bits per heavy atom. The number of carbonyl (C=O) groups excluding carboxylic acids is 1. The lowest BCUT2D eigenvalue weighted by molar-refractivity contribution is -0.0685. The minimum absolute atomic E-state index is 0.156. The molecule has 0 saturated heterocycles. The van der Waals surface area contributed by atoms with Crippen LogP contribution in [-0.2, 0) is 5.72 Å². The van der Waals surface area contributed by atoms with Gasteiger partial charge in [0.15, 0.2) is 6.10 Å². The van der Waals surface area contributed by atoms with Crippen molar-refractivity contribution in [2.45, 2.75) is 11.8 Å². The highest BCUT2D eigenvalue weighted by Crippen LogP contribution is 2.47. The topological polar surface area (TPSA) is 77.2 Å². The lowest BCUT2D eigenvalue weighted by Crippen LogP contribution is -2.49. The van der Waals surface area contributed by atoms with Crippen LogP contribution in [0, 0.1) is 0 Å². The molecule has 1 aromatic heterocycles. The standard InChI is InChI=1S/C17H11Cl2N3O3/c18-10-5-6-11(13(19)7-10)15(23)17(22-9-20-8-21-22)16(24)12-3-1-2-4-14(12)25-17/h1-9,16,24H/t16-,17-/m1/s1. The fraction of sp³-hybridized carbons (Fsp3) is 0.118. The van der Waals surface area contributed by atoms with Crippen molar-refractivity contribution in [3.63, 3.8) is 0 Å². The Kier molecular flexibility index (Phi) is 3.76. The number of ether oxygens (including phenoxy) is 1. The molecule has 0 amide bonds. The summed E-state index contributed by atoms with van der Waals surface area (Å²) in [5, 5.41) is 15.5. The first-order valence-corrected chi connectivity index (χ1v) is 8.10. The summed E-state index contributed by atoms with van der Waals surface area (Å²) in [5.41, 5.74) is -1.19. The van der Waals surface area contributed by atoms with Gasteiger partial charge in [0, 0.05) is 16.1 Å². The van der Waals surface area contributed by atoms with Crippen LogP contribution in [-0.4, -0.2) is 25.7 Å². The van der Waals surface area contributed by atoms with E-state index in [-0.39, 0.29) is 10.6 Å². The van der Waals surface area contributed by atoms with Crippen LogP contribution in [0.3, 0.4) is 0 Å². The van der Waals surface area contributed by atoms with Crippen molar-refractivity contribution < 1.29 is 14.6 Å². The summed E-state index contributed by atoms with van der Waals surface area (Å²) >= 11 is 12.1. The Morgan fingerprint density at radius 1 is 1.24 bits per heavy atom. The summed E-state index contributed by atoms with van der Waals surface area (Å²) in [6.45, 7) is 0. The van der Waals surface area contributed by atoms with Crippen molar-refractivity contribution in [2.24, 2.45) is 0 Å². The number of Topliss-reactive ketones (excluding diaryl/α,β-unsaturated/α-hetero) is 1. The number of rotatable bonds is 3. The van der Waals surface area contributed by atoms with E-state index in [9.17, 15) is 9.90 Å². The predicted octanol–water partition coefficient (Wildman–Crippen LogP) is 3.25. The van der Waals surface area contributed by atoms with Gasteiger partial charge >= 0.3 is 0 Å². The van der Waals surface area contributed by atoms with Crippen LogP contribution in [0.5, 0.6) is 5.75 Å². The van der Waals surface area contributed by atoms with Gasteiger partial charge in [-0.3, -0.25) is 4.79 Å². The van der Waals surface area contributed by atoms with Gasteiger partial charge in [0.05, 0.1) is 5.02 Å². The third-order valence-corrected chi connectivity index (χ3v) is 4.66. The maximum absolute atomic E-state index is 13.4. The molecule has 0 aliphatic carbocycles. The van der Waals surface area contributed by atoms with E-state index in [2.05, 4.69) is 10.1 Å². The number of para-hydroxylation sites is 1. The second-order valence-corrected chi connectivity index (χ2v) is 6.38. The minimum atomic E-state index is -1.84. The van der Waals surface area contributed by atoms with Gasteiger partial charge in [-0.1, -0.05) is 41.4 Å². The Bertz CT molecular complexity index is 962. The van der Waals surface area contributed by atoms with Crippen LogP contribution >= 0.6 is 23.2 Å². The highest BCUT2D eigenvalue weighted by Gasteiger charge is 2.57. The summed E-state index contributed by atoms with van der Waals surface area (Å²) in [6, 6.07) is 11.4. The SMILES string of the molecule is O=C(c1ccc(Cl)cc1Cl)[C@@]1(n2cncn2)Oc2ccccc2[C@H]1O. The average Bonchev–Trinajstić information content (AvgIpc) is 3.22. The summed E-state index contributed by atoms with van der Waals surface area (Å²) in [4.78, 5) is 17.3. The van der Waals surface area contributed by atoms with Crippen molar-refractivity contribution in [3.05, 3.63) is 76.3 Å². The van der Waals surface area contributed by atoms with E-state index in [4.69, 9.17) is 27.9 Å². The Labute approximate surface area is 152 Å². The number of fused-ring (bicyclic) bond motifs is 1. The molecule has 0 saturated carbocycles. The van der Waals surface area contributed by atoms with Crippen molar-refractivity contribution in [1.82, 2.24) is 14.8 Å². The number of aromatic nitrogens is 3. The molecule has 0 unspecified atom stereocenters. The number of hydrogen-bond donors (Lipinski definition) is 1. The molecule has 0 fully saturated rings. The summed E-state index contributed by atoms with van der Waals surface area (Å²) in [7, 11) is 0. The van der Waals surface area contributed by atoms with Crippen LogP contribution in [0.15, 0.2) is 55.1 Å². The molecule has 25 heavy (non-hydrogen) atoms. The summed E-state index contributed by atoms with van der Waals surface area (Å²) < 4.78 is 7.12. The van der Waals surface area contributed by atoms with E-state index in [1.54, 1.807) is 30.3 Å². The van der Waals surface area contributed by atoms with Gasteiger partial charge in [0.25, 0.3) is 5.72 Å². The maximum atomic E-state index is 13.4. The lowest BCUT2D eigenvalue weighted by atomic mass is 9.93. The highest BCUT2D eigenvalue weighted by molar-refractivity contribution is 6.37. The van der Waals surface area contributed by atoms with E-state index in [0.29, 0.717) is 16.3 Å². The van der Waals surface area contributed by atoms with E-state index < -0.39 is 17.6 Å². The average molecular weight is 376 g/mol. The number of aliphatic hydroxyl groups excluding tert-OH is 1. The second-order valence-electron chi connectivity index (χ2n) is 5.53. The number of carbonyl (C=O) groups is 1. The molecule has 3 aromatic rings. The first-order valence-electron chi connectivity index (χ1n) is 7.35. The summed E-state index contributed by atoms with van der Waals surface area (Å²) in [5.74, 6) is -0.160. The molecule has 0 radical (unpaired) electrons. The molecule has 2 aromatic carbocycles. The predicted molar refractivity (Wildman–Crippen MR) is 90.8 cm³/mol. The van der Waals surface area contributed by atoms with Crippen LogP contribution in [0.25, 0.3) is 0 Å². The molecule has 2 atom stereocenters. The van der Waals surface area contributed by atoms with Crippen molar-refractivity contribution >= 4 is 29.0 Å². The van der Waals surface area contributed by atoms with Gasteiger partial charge in [0.1, 0.15) is 18.4 Å². The lowest BCUT2D eigenvalue weighted by Gasteiger charge is -2.30. The number of aliphatic hydroxyl groups is 1. The first kappa shape index (κ1) is 16.1. The molecular weight excluding hydrogens is 365 g/mol. The van der Waals surface area contributed by atoms with Gasteiger partial charge in [-0.2, -0.15) is 5.10 Å². The zero-order valence-electron chi connectivity index (χ0n) is 12.6. The number of benzene rings is 2. The Balaban J connectivity index is 1.91. The first-order chi connectivity index (χ1) is 12.0. The number of hydrogen-bond acceptors (Lipinski definition) is 5. The van der Waals surface area contributed by atoms with Gasteiger partial charge in [-0.25, -0.2) is 9.67 Å². The van der Waals surface area contributed by atoms with Gasteiger partial charge in [-0.15, -0.1) is 0 Å². The maximum Gasteiger partial charge on any atom is 0.296 e. The molecule has 8 heteroatoms. The molecule has 1 aliphatic heterocycles. The molecule has 6 nitrogen and oxygen atoms in total. The number of halogens is 2. The number of nitrogens with zero attached hydrogens (tertiary/aromatic N) is 3. The van der Waals surface area contributed by atoms with E-state index >= 15 is 0 Å². The van der Waals surface area contributed by atoms with Crippen molar-refractivity contribution in [3.8, 4) is 5.75 Å². The summed E-state index contributed by atoms with van der Waals surface area (Å²) in [6.07, 6.45) is 1.29. The molecule has 4 rings (SSSR count). The van der Waals surface area contributed by atoms with Gasteiger partial charge in [0.2, 0.25) is 5.78 Å². The largest absolute Gasteiger partial charge is 0.455 e. The molecule has 0 spiro atoms. The van der Waals surface area contributed by atoms with Crippen LogP contribution in [0.1, 0.15) is 22.0 Å². The smallest absolute Gasteiger partial charge is 0.296 e. The third kappa shape index (κ3) is 2.33. The van der Waals surface area contributed by atoms with Crippen LogP contribution in [0.4, 0.5) is 0 Å². The fourth-order valence-corrected chi connectivity index (χ4v) is 3.42. The Hall–Kier alpha value is -2.41. The van der Waals surface area contributed by atoms with E-state index in [1.807, 2.05) is 0 Å². The molecule has 1 aliphatic rings. The molecular formula is C17H11Cl2N3O3. The fourth-order valence-electron chi connectivity index (χ4n) is 2.93. The van der Waals surface area contributed by atoms with Gasteiger partial charge < -0.3 is 9.84 Å². The van der Waals surface area contributed by atoms with Crippen LogP contribution < -0.4 is 4.74 Å². The normalized spacial score (nSPS) is 21.6. The van der Waals surface area contributed by atoms with Crippen LogP contribution in [0.2, 0.25) is 10.0 Å². The van der Waals surface area contributed by atoms with E-state index in [1.165, 1.54) is 29.5 Å². The zero-order chi connectivity index (χ0) is 17.6. The molecule has 2 heterocycles. The second kappa shape index (κ2) is 5.84. The third-order valence-electron chi connectivity index (χ3n) is 4.11. The molecule has 126 valence electrons. The quantitative estimate of drug-likeness (QED) is 0.711. The minimum Gasteiger partial charge on any atom is -0.455 e. The monoisotopic (exact) mass is 375 g/mol. The molecule has 1 N–H and O–H groups in total. The Morgan fingerprint density at radius 3 is 2.72 bits per heavy atom. The van der Waals surface area contributed by atoms with E-state index in [0.717, 1.165) is 0 Å². The zero-order valence-corrected chi connectivity index (χ0v) is 14.1. The number of ketones is 1.